The second-order valence-electron chi connectivity index (χ2n) is 3.02. The van der Waals surface area contributed by atoms with Crippen LogP contribution in [0.3, 0.4) is 0 Å². The van der Waals surface area contributed by atoms with E-state index >= 15 is 0 Å². The van der Waals surface area contributed by atoms with E-state index in [4.69, 9.17) is 0 Å². The molecule has 2 radical (unpaired) electrons. The van der Waals surface area contributed by atoms with Gasteiger partial charge in [-0.25, -0.2) is 0 Å². The van der Waals surface area contributed by atoms with Crippen LogP contribution in [0.25, 0.3) is 0 Å². The van der Waals surface area contributed by atoms with Gasteiger partial charge in [-0.2, -0.15) is 0 Å². The first-order chi connectivity index (χ1) is 9.41. The zero-order chi connectivity index (χ0) is 15.2. The average Bonchev–Trinajstić information content (AvgIpc) is 2.56. The molecule has 0 aromatic heterocycles. The minimum absolute atomic E-state index is 0. The predicted octanol–water partition coefficient (Wildman–Crippen LogP) is 6.29. The summed E-state index contributed by atoms with van der Waals surface area (Å²) in [5, 5.41) is 0. The van der Waals surface area contributed by atoms with Gasteiger partial charge in [0.1, 0.15) is 0 Å². The molecule has 0 amide bonds. The van der Waals surface area contributed by atoms with Crippen molar-refractivity contribution < 1.29 is 65.4 Å². The number of nitrogens with two attached hydrogens (primary N) is 1. The third-order valence-corrected chi connectivity index (χ3v) is 1.33. The van der Waals surface area contributed by atoms with Gasteiger partial charge in [-0.15, -0.1) is 0 Å². The summed E-state index contributed by atoms with van der Waals surface area (Å²) in [5.74, 6) is 0. The summed E-state index contributed by atoms with van der Waals surface area (Å²) in [6.07, 6.45) is 1.25. The van der Waals surface area contributed by atoms with Crippen LogP contribution >= 0.6 is 0 Å². The minimum Gasteiger partial charge on any atom is -0.358 e. The maximum absolute atomic E-state index is 4.50. The molecule has 23 heavy (non-hydrogen) atoms. The van der Waals surface area contributed by atoms with Gasteiger partial charge in [-0.1, -0.05) is 107 Å². The third-order valence-electron chi connectivity index (χ3n) is 1.33. The third kappa shape index (κ3) is 60.4. The molecule has 0 aliphatic heterocycles. The van der Waals surface area contributed by atoms with Crippen LogP contribution in [0.1, 0.15) is 34.1 Å². The molecule has 2 N–H and O–H groups in total. The summed E-state index contributed by atoms with van der Waals surface area (Å²) in [7, 11) is 1.50. The van der Waals surface area contributed by atoms with Crippen molar-refractivity contribution in [3.05, 3.63) is 87.6 Å². The molecule has 2 rings (SSSR count). The summed E-state index contributed by atoms with van der Waals surface area (Å²) in [6, 6.07) is 24.0. The van der Waals surface area contributed by atoms with E-state index < -0.39 is 0 Å². The molecule has 0 unspecified atom stereocenters. The molecule has 0 saturated carbocycles. The number of hydrogen-bond acceptors (Lipinski definition) is 1. The molecule has 1 nitrogen and oxygen atoms in total. The number of hydrogen-bond donors (Lipinski definition) is 1. The summed E-state index contributed by atoms with van der Waals surface area (Å²) >= 11 is 0. The maximum Gasteiger partial charge on any atom is 0 e. The Kier molecular flexibility index (Phi) is 108. The molecule has 0 atom stereocenters. The van der Waals surface area contributed by atoms with Crippen molar-refractivity contribution in [3.63, 3.8) is 0 Å². The van der Waals surface area contributed by atoms with Crippen molar-refractivity contribution in [2.75, 3.05) is 7.05 Å². The van der Waals surface area contributed by atoms with Crippen LogP contribution < -0.4 is 5.73 Å². The topological polar surface area (TPSA) is 26.0 Å². The predicted molar refractivity (Wildman–Crippen MR) is 103 cm³/mol. The normalized spacial score (nSPS) is 5.48. The molecule has 3 heteroatoms. The van der Waals surface area contributed by atoms with E-state index in [1.54, 1.807) is 0 Å². The second kappa shape index (κ2) is 57.0. The van der Waals surface area contributed by atoms with E-state index in [-0.39, 0.29) is 80.3 Å². The van der Waals surface area contributed by atoms with Crippen LogP contribution in [-0.2, 0) is 65.4 Å². The Balaban J connectivity index is -0.0000000288. The Morgan fingerprint density at radius 3 is 0.565 bits per heavy atom. The van der Waals surface area contributed by atoms with Gasteiger partial charge in [0.15, 0.2) is 0 Å². The second-order valence-corrected chi connectivity index (χ2v) is 3.02. The van der Waals surface area contributed by atoms with Crippen LogP contribution in [0.4, 0.5) is 0 Å². The molecule has 130 valence electrons. The van der Waals surface area contributed by atoms with Gasteiger partial charge < -0.3 is 20.6 Å². The molecule has 2 aromatic carbocycles. The molecule has 0 heterocycles. The first-order valence-electron chi connectivity index (χ1n) is 6.99. The molecular weight excluding hydrogens is 432 g/mol. The average molecular weight is 469 g/mol. The summed E-state index contributed by atoms with van der Waals surface area (Å²) in [5.41, 5.74) is 4.50. The Morgan fingerprint density at radius 1 is 0.478 bits per heavy atom. The molecule has 2 aromatic rings. The van der Waals surface area contributed by atoms with Crippen molar-refractivity contribution in [2.24, 2.45) is 5.73 Å². The molecule has 0 bridgehead atoms. The van der Waals surface area contributed by atoms with E-state index in [0.717, 1.165) is 0 Å². The van der Waals surface area contributed by atoms with Crippen LogP contribution in [0, 0.1) is 14.9 Å². The van der Waals surface area contributed by atoms with Crippen molar-refractivity contribution in [2.45, 2.75) is 34.1 Å². The maximum atomic E-state index is 4.50. The molecular formula is C20H37NY2-2. The zero-order valence-electron chi connectivity index (χ0n) is 16.4. The molecule has 0 aliphatic rings. The Morgan fingerprint density at radius 2 is 0.522 bits per heavy atom. The fraction of sp³-hybridized carbons (Fsp3) is 0.300. The van der Waals surface area contributed by atoms with Crippen molar-refractivity contribution >= 4 is 0 Å². The standard InChI is InChI=1S/2C6H6.C3H8.C2H6.CH5N.2CH3.2Y/c2*1-2-4-6-5-3-1;1-3-2;2*1-2;;;;/h2*1-6H;3H2,1-2H3;1-2H3;2H2,1H3;2*1H3;;/q;;;;;2*-1;;. The van der Waals surface area contributed by atoms with Crippen LogP contribution in [0.5, 0.6) is 0 Å². The molecule has 0 fully saturated rings. The van der Waals surface area contributed by atoms with Gasteiger partial charge in [0, 0.05) is 65.4 Å². The number of benzene rings is 2. The van der Waals surface area contributed by atoms with E-state index in [9.17, 15) is 0 Å². The Hall–Kier alpha value is 0.608. The van der Waals surface area contributed by atoms with E-state index in [1.165, 1.54) is 13.5 Å². The monoisotopic (exact) mass is 469 g/mol. The summed E-state index contributed by atoms with van der Waals surface area (Å²) in [6.45, 7) is 8.25. The fourth-order valence-electron chi connectivity index (χ4n) is 0.770. The first kappa shape index (κ1) is 43.7. The van der Waals surface area contributed by atoms with Gasteiger partial charge >= 0.3 is 0 Å². The van der Waals surface area contributed by atoms with Gasteiger partial charge in [-0.05, 0) is 7.05 Å². The quantitative estimate of drug-likeness (QED) is 0.452. The van der Waals surface area contributed by atoms with Crippen molar-refractivity contribution in [3.8, 4) is 0 Å². The summed E-state index contributed by atoms with van der Waals surface area (Å²) in [4.78, 5) is 0. The molecule has 0 spiro atoms. The minimum atomic E-state index is 0. The van der Waals surface area contributed by atoms with E-state index in [1.807, 2.05) is 86.6 Å². The van der Waals surface area contributed by atoms with Crippen molar-refractivity contribution in [1.29, 1.82) is 0 Å². The molecule has 0 saturated heterocycles. The van der Waals surface area contributed by atoms with Gasteiger partial charge in [0.25, 0.3) is 0 Å². The summed E-state index contributed by atoms with van der Waals surface area (Å²) < 4.78 is 0. The van der Waals surface area contributed by atoms with Gasteiger partial charge in [0.2, 0.25) is 0 Å². The smallest absolute Gasteiger partial charge is 0 e. The first-order valence-corrected chi connectivity index (χ1v) is 6.99. The molecule has 0 aliphatic carbocycles. The van der Waals surface area contributed by atoms with E-state index in [0.29, 0.717) is 0 Å². The zero-order valence-corrected chi connectivity index (χ0v) is 22.0. The SMILES string of the molecule is CC.CCC.CN.[CH3-].[CH3-].[Y].[Y].c1ccccc1.c1ccccc1. The van der Waals surface area contributed by atoms with Gasteiger partial charge in [-0.3, -0.25) is 0 Å². The van der Waals surface area contributed by atoms with Crippen LogP contribution in [-0.4, -0.2) is 7.05 Å². The van der Waals surface area contributed by atoms with Gasteiger partial charge in [0.05, 0.1) is 0 Å². The van der Waals surface area contributed by atoms with E-state index in [2.05, 4.69) is 19.6 Å². The number of rotatable bonds is 0. The van der Waals surface area contributed by atoms with Crippen LogP contribution in [0.15, 0.2) is 72.8 Å². The van der Waals surface area contributed by atoms with Crippen molar-refractivity contribution in [1.82, 2.24) is 0 Å². The Labute approximate surface area is 198 Å². The van der Waals surface area contributed by atoms with Crippen LogP contribution in [0.2, 0.25) is 0 Å². The largest absolute Gasteiger partial charge is 0.358 e. The fourth-order valence-corrected chi connectivity index (χ4v) is 0.770. The Bertz CT molecular complexity index is 204.